The Morgan fingerprint density at radius 2 is 1.77 bits per heavy atom. The number of hydrogen-bond acceptors (Lipinski definition) is 7. The number of hydrogen-bond donors (Lipinski definition) is 2. The van der Waals surface area contributed by atoms with Crippen molar-refractivity contribution in [3.63, 3.8) is 0 Å². The second-order valence-electron chi connectivity index (χ2n) is 7.44. The second-order valence-corrected chi connectivity index (χ2v) is 8.88. The van der Waals surface area contributed by atoms with Crippen molar-refractivity contribution in [3.05, 3.63) is 101 Å². The van der Waals surface area contributed by atoms with E-state index in [1.165, 1.54) is 18.2 Å². The Hall–Kier alpha value is -4.41. The number of amides is 1. The quantitative estimate of drug-likeness (QED) is 0.166. The average Bonchev–Trinajstić information content (AvgIpc) is 3.52. The number of carbonyl (C=O) groups excluding carboxylic acids is 1. The molecule has 0 atom stereocenters. The molecule has 0 unspecified atom stereocenters. The first-order valence-electron chi connectivity index (χ1n) is 10.4. The summed E-state index contributed by atoms with van der Waals surface area (Å²) in [6.07, 6.45) is 0. The maximum absolute atomic E-state index is 12.5. The number of non-ortho nitro benzene ring substituents is 1. The number of nitrogens with zero attached hydrogens (tertiary/aromatic N) is 2. The molecule has 8 nitrogen and oxygen atoms in total. The van der Waals surface area contributed by atoms with Gasteiger partial charge in [-0.05, 0) is 60.7 Å². The van der Waals surface area contributed by atoms with Gasteiger partial charge >= 0.3 is 0 Å². The fourth-order valence-electron chi connectivity index (χ4n) is 3.41. The van der Waals surface area contributed by atoms with Gasteiger partial charge < -0.3 is 9.73 Å². The predicted molar refractivity (Wildman–Crippen MR) is 140 cm³/mol. The van der Waals surface area contributed by atoms with Crippen molar-refractivity contribution < 1.29 is 14.1 Å². The number of aromatic nitrogens is 1. The summed E-state index contributed by atoms with van der Waals surface area (Å²) in [6, 6.07) is 24.6. The maximum atomic E-state index is 12.5. The van der Waals surface area contributed by atoms with Crippen LogP contribution in [0.1, 0.15) is 10.6 Å². The Morgan fingerprint density at radius 3 is 2.54 bits per heavy atom. The van der Waals surface area contributed by atoms with Crippen molar-refractivity contribution in [2.45, 2.75) is 0 Å². The lowest BCUT2D eigenvalue weighted by atomic mass is 10.1. The number of para-hydroxylation sites is 1. The molecule has 0 saturated carbocycles. The fraction of sp³-hybridized carbons (Fsp3) is 0. The van der Waals surface area contributed by atoms with Gasteiger partial charge in [-0.15, -0.1) is 11.3 Å². The first kappa shape index (κ1) is 22.4. The number of rotatable bonds is 5. The largest absolute Gasteiger partial charge is 0.451 e. The SMILES string of the molecule is O=C(NC(=S)Nc1ccc(-c2nc3ccccc3s2)cc1)c1ccc(-c2cccc([N+](=O)[O-])c2)o1. The molecule has 2 N–H and O–H groups in total. The van der Waals surface area contributed by atoms with Crippen LogP contribution in [0.3, 0.4) is 0 Å². The van der Waals surface area contributed by atoms with Crippen LogP contribution in [0.5, 0.6) is 0 Å². The van der Waals surface area contributed by atoms with E-state index in [1.807, 2.05) is 48.5 Å². The van der Waals surface area contributed by atoms with Gasteiger partial charge in [0.25, 0.3) is 11.6 Å². The van der Waals surface area contributed by atoms with Crippen LogP contribution in [0.15, 0.2) is 89.3 Å². The van der Waals surface area contributed by atoms with Crippen molar-refractivity contribution in [3.8, 4) is 21.9 Å². The number of nitro groups is 1. The lowest BCUT2D eigenvalue weighted by Gasteiger charge is -2.09. The number of carbonyl (C=O) groups is 1. The molecule has 3 aromatic carbocycles. The van der Waals surface area contributed by atoms with Crippen LogP contribution in [0, 0.1) is 10.1 Å². The number of thiocarbonyl (C=S) groups is 1. The fourth-order valence-corrected chi connectivity index (χ4v) is 4.59. The van der Waals surface area contributed by atoms with Gasteiger partial charge in [0.15, 0.2) is 10.9 Å². The minimum atomic E-state index is -0.537. The summed E-state index contributed by atoms with van der Waals surface area (Å²) in [5.41, 5.74) is 3.08. The molecule has 2 heterocycles. The molecular formula is C25H16N4O4S2. The first-order chi connectivity index (χ1) is 17.0. The van der Waals surface area contributed by atoms with Crippen LogP contribution in [0.25, 0.3) is 32.1 Å². The van der Waals surface area contributed by atoms with Crippen LogP contribution < -0.4 is 10.6 Å². The van der Waals surface area contributed by atoms with Crippen LogP contribution in [0.4, 0.5) is 11.4 Å². The van der Waals surface area contributed by atoms with Gasteiger partial charge in [0.05, 0.1) is 15.1 Å². The van der Waals surface area contributed by atoms with E-state index in [9.17, 15) is 14.9 Å². The smallest absolute Gasteiger partial charge is 0.293 e. The minimum Gasteiger partial charge on any atom is -0.451 e. The number of thiazole rings is 1. The summed E-state index contributed by atoms with van der Waals surface area (Å²) >= 11 is 6.88. The molecule has 0 spiro atoms. The highest BCUT2D eigenvalue weighted by atomic mass is 32.1. The van der Waals surface area contributed by atoms with Crippen molar-refractivity contribution in [2.24, 2.45) is 0 Å². The highest BCUT2D eigenvalue weighted by Crippen LogP contribution is 2.30. The zero-order valence-corrected chi connectivity index (χ0v) is 19.6. The topological polar surface area (TPSA) is 110 Å². The zero-order valence-electron chi connectivity index (χ0n) is 17.9. The molecule has 172 valence electrons. The number of nitro benzene ring substituents is 1. The van der Waals surface area contributed by atoms with Crippen LogP contribution in [-0.2, 0) is 0 Å². The van der Waals surface area contributed by atoms with Crippen molar-refractivity contribution >= 4 is 56.2 Å². The Bertz CT molecular complexity index is 1540. The van der Waals surface area contributed by atoms with Gasteiger partial charge in [-0.2, -0.15) is 0 Å². The van der Waals surface area contributed by atoms with Crippen molar-refractivity contribution in [1.82, 2.24) is 10.3 Å². The van der Waals surface area contributed by atoms with E-state index in [-0.39, 0.29) is 16.6 Å². The van der Waals surface area contributed by atoms with Crippen LogP contribution in [-0.4, -0.2) is 20.9 Å². The van der Waals surface area contributed by atoms with Crippen LogP contribution in [0.2, 0.25) is 0 Å². The highest BCUT2D eigenvalue weighted by molar-refractivity contribution is 7.80. The molecule has 0 saturated heterocycles. The average molecular weight is 501 g/mol. The van der Waals surface area contributed by atoms with E-state index in [0.717, 1.165) is 20.8 Å². The summed E-state index contributed by atoms with van der Waals surface area (Å²) in [4.78, 5) is 27.7. The molecule has 0 fully saturated rings. The molecule has 10 heteroatoms. The molecule has 2 aromatic heterocycles. The number of anilines is 1. The van der Waals surface area contributed by atoms with Crippen molar-refractivity contribution in [2.75, 3.05) is 5.32 Å². The standard InChI is InChI=1S/C25H16N4O4S2/c30-23(21-13-12-20(33-21)16-4-3-5-18(14-16)29(31)32)28-25(34)26-17-10-8-15(9-11-17)24-27-19-6-1-2-7-22(19)35-24/h1-14H,(H2,26,28,30,34). The van der Waals surface area contributed by atoms with E-state index in [4.69, 9.17) is 16.6 Å². The number of nitrogens with one attached hydrogen (secondary N) is 2. The molecule has 35 heavy (non-hydrogen) atoms. The van der Waals surface area contributed by atoms with Gasteiger partial charge in [-0.1, -0.05) is 24.3 Å². The van der Waals surface area contributed by atoms with Gasteiger partial charge in [0, 0.05) is 28.9 Å². The number of fused-ring (bicyclic) bond motifs is 1. The Morgan fingerprint density at radius 1 is 0.971 bits per heavy atom. The van der Waals surface area contributed by atoms with Gasteiger partial charge in [0.2, 0.25) is 0 Å². The lowest BCUT2D eigenvalue weighted by molar-refractivity contribution is -0.384. The first-order valence-corrected chi connectivity index (χ1v) is 11.6. The molecule has 5 rings (SSSR count). The minimum absolute atomic E-state index is 0.0295. The Balaban J connectivity index is 1.22. The maximum Gasteiger partial charge on any atom is 0.293 e. The van der Waals surface area contributed by atoms with Crippen molar-refractivity contribution in [1.29, 1.82) is 0 Å². The molecule has 0 aliphatic heterocycles. The molecular weight excluding hydrogens is 484 g/mol. The van der Waals surface area contributed by atoms with E-state index in [0.29, 0.717) is 17.0 Å². The molecule has 0 bridgehead atoms. The summed E-state index contributed by atoms with van der Waals surface area (Å²) in [7, 11) is 0. The number of benzene rings is 3. The number of furan rings is 1. The summed E-state index contributed by atoms with van der Waals surface area (Å²) < 4.78 is 6.70. The van der Waals surface area contributed by atoms with Gasteiger partial charge in [0.1, 0.15) is 10.8 Å². The highest BCUT2D eigenvalue weighted by Gasteiger charge is 2.15. The molecule has 1 amide bonds. The molecule has 5 aromatic rings. The molecule has 0 radical (unpaired) electrons. The normalized spacial score (nSPS) is 10.7. The predicted octanol–water partition coefficient (Wildman–Crippen LogP) is 6.26. The molecule has 0 aliphatic rings. The summed E-state index contributed by atoms with van der Waals surface area (Å²) in [6.45, 7) is 0. The zero-order chi connectivity index (χ0) is 24.4. The van der Waals surface area contributed by atoms with E-state index in [1.54, 1.807) is 29.5 Å². The third kappa shape index (κ3) is 4.93. The summed E-state index contributed by atoms with van der Waals surface area (Å²) in [5, 5.41) is 17.6. The third-order valence-corrected chi connectivity index (χ3v) is 6.37. The third-order valence-electron chi connectivity index (χ3n) is 5.08. The van der Waals surface area contributed by atoms with Gasteiger partial charge in [-0.25, -0.2) is 4.98 Å². The Kier molecular flexibility index (Phi) is 6.04. The van der Waals surface area contributed by atoms with Crippen LogP contribution >= 0.6 is 23.6 Å². The summed E-state index contributed by atoms with van der Waals surface area (Å²) in [5.74, 6) is -0.171. The molecule has 0 aliphatic carbocycles. The van der Waals surface area contributed by atoms with E-state index >= 15 is 0 Å². The van der Waals surface area contributed by atoms with Gasteiger partial charge in [-0.3, -0.25) is 20.2 Å². The lowest BCUT2D eigenvalue weighted by Crippen LogP contribution is -2.33. The van der Waals surface area contributed by atoms with E-state index < -0.39 is 10.8 Å². The Labute approximate surface area is 208 Å². The monoisotopic (exact) mass is 500 g/mol. The second kappa shape index (κ2) is 9.45. The van der Waals surface area contributed by atoms with E-state index in [2.05, 4.69) is 15.6 Å².